The van der Waals surface area contributed by atoms with Crippen LogP contribution in [0.15, 0.2) is 66.7 Å². The first-order valence-corrected chi connectivity index (χ1v) is 10.9. The van der Waals surface area contributed by atoms with Crippen molar-refractivity contribution in [1.82, 2.24) is 9.55 Å². The third-order valence-electron chi connectivity index (χ3n) is 6.15. The summed E-state index contributed by atoms with van der Waals surface area (Å²) in [6.07, 6.45) is 0.457. The lowest BCUT2D eigenvalue weighted by molar-refractivity contribution is -0.117. The van der Waals surface area contributed by atoms with Crippen LogP contribution < -0.4 is 4.90 Å². The van der Waals surface area contributed by atoms with Gasteiger partial charge in [-0.25, -0.2) is 4.98 Å². The van der Waals surface area contributed by atoms with E-state index in [2.05, 4.69) is 42.7 Å². The summed E-state index contributed by atoms with van der Waals surface area (Å²) >= 11 is 6.03. The summed E-state index contributed by atoms with van der Waals surface area (Å²) in [6.45, 7) is 5.63. The minimum absolute atomic E-state index is 0.0423. The van der Waals surface area contributed by atoms with Crippen LogP contribution in [0.1, 0.15) is 34.9 Å². The number of aryl methyl sites for hydroxylation is 2. The van der Waals surface area contributed by atoms with Gasteiger partial charge in [-0.1, -0.05) is 47.5 Å². The normalized spacial score (nSPS) is 16.4. The number of aromatic nitrogens is 2. The summed E-state index contributed by atoms with van der Waals surface area (Å²) in [5.74, 6) is 1.14. The fraction of sp³-hybridized carbons (Fsp3) is 0.231. The van der Waals surface area contributed by atoms with Crippen molar-refractivity contribution in [2.45, 2.75) is 32.7 Å². The topological polar surface area (TPSA) is 38.1 Å². The lowest BCUT2D eigenvalue weighted by Crippen LogP contribution is -2.24. The molecule has 0 N–H and O–H groups in total. The summed E-state index contributed by atoms with van der Waals surface area (Å²) in [4.78, 5) is 19.7. The molecule has 4 nitrogen and oxygen atoms in total. The number of halogens is 1. The van der Waals surface area contributed by atoms with E-state index in [1.54, 1.807) is 0 Å². The van der Waals surface area contributed by atoms with Gasteiger partial charge >= 0.3 is 0 Å². The minimum atomic E-state index is 0.0423. The van der Waals surface area contributed by atoms with Gasteiger partial charge in [0.15, 0.2) is 0 Å². The number of amides is 1. The van der Waals surface area contributed by atoms with Crippen LogP contribution in [0.4, 0.5) is 5.69 Å². The van der Waals surface area contributed by atoms with Gasteiger partial charge in [-0.3, -0.25) is 4.79 Å². The van der Waals surface area contributed by atoms with Gasteiger partial charge in [0.05, 0.1) is 11.0 Å². The Balaban J connectivity index is 1.54. The molecule has 2 heterocycles. The van der Waals surface area contributed by atoms with Crippen LogP contribution in [0.2, 0.25) is 5.02 Å². The zero-order valence-corrected chi connectivity index (χ0v) is 18.4. The highest BCUT2D eigenvalue weighted by molar-refractivity contribution is 6.30. The first-order valence-electron chi connectivity index (χ1n) is 10.6. The van der Waals surface area contributed by atoms with E-state index in [1.807, 2.05) is 47.4 Å². The van der Waals surface area contributed by atoms with Crippen LogP contribution in [-0.2, 0) is 11.3 Å². The largest absolute Gasteiger partial charge is 0.323 e. The molecule has 5 heteroatoms. The number of hydrogen-bond donors (Lipinski definition) is 0. The monoisotopic (exact) mass is 429 g/mol. The maximum absolute atomic E-state index is 12.9. The Kier molecular flexibility index (Phi) is 5.03. The number of rotatable bonds is 4. The number of imidazole rings is 1. The Labute approximate surface area is 187 Å². The fourth-order valence-corrected chi connectivity index (χ4v) is 4.59. The summed E-state index contributed by atoms with van der Waals surface area (Å²) in [5.41, 5.74) is 6.75. The lowest BCUT2D eigenvalue weighted by atomic mass is 10.0. The third-order valence-corrected chi connectivity index (χ3v) is 6.40. The molecule has 156 valence electrons. The number of benzene rings is 3. The number of nitrogens with zero attached hydrogens (tertiary/aromatic N) is 3. The maximum Gasteiger partial charge on any atom is 0.227 e. The van der Waals surface area contributed by atoms with Crippen molar-refractivity contribution in [3.05, 3.63) is 94.3 Å². The molecule has 1 aliphatic rings. The second-order valence-electron chi connectivity index (χ2n) is 8.36. The number of para-hydroxylation sites is 2. The molecule has 4 aromatic rings. The molecule has 1 aliphatic heterocycles. The van der Waals surface area contributed by atoms with Crippen molar-refractivity contribution in [3.63, 3.8) is 0 Å². The lowest BCUT2D eigenvalue weighted by Gasteiger charge is -2.18. The van der Waals surface area contributed by atoms with Crippen molar-refractivity contribution >= 4 is 34.2 Å². The van der Waals surface area contributed by atoms with Gasteiger partial charge in [-0.05, 0) is 61.4 Å². The fourth-order valence-electron chi connectivity index (χ4n) is 4.46. The van der Waals surface area contributed by atoms with Crippen molar-refractivity contribution in [1.29, 1.82) is 0 Å². The number of anilines is 1. The second-order valence-corrected chi connectivity index (χ2v) is 8.79. The van der Waals surface area contributed by atoms with E-state index in [0.29, 0.717) is 18.0 Å². The van der Waals surface area contributed by atoms with Gasteiger partial charge in [0, 0.05) is 36.1 Å². The molecule has 31 heavy (non-hydrogen) atoms. The second kappa shape index (κ2) is 7.86. The zero-order chi connectivity index (χ0) is 21.5. The average molecular weight is 430 g/mol. The maximum atomic E-state index is 12.9. The van der Waals surface area contributed by atoms with E-state index in [4.69, 9.17) is 16.6 Å². The molecule has 5 rings (SSSR count). The Hall–Kier alpha value is -3.11. The average Bonchev–Trinajstić information content (AvgIpc) is 3.32. The predicted octanol–water partition coefficient (Wildman–Crippen LogP) is 5.88. The van der Waals surface area contributed by atoms with Crippen molar-refractivity contribution < 1.29 is 4.79 Å². The Morgan fingerprint density at radius 3 is 2.61 bits per heavy atom. The molecule has 0 spiro atoms. The van der Waals surface area contributed by atoms with Gasteiger partial charge in [0.2, 0.25) is 5.91 Å². The SMILES string of the molecule is Cc1ccc(C)c(Cn2c([C@H]3CC(=O)N(c4ccc(Cl)cc4)C3)nc3ccccc32)c1. The van der Waals surface area contributed by atoms with Crippen LogP contribution in [0, 0.1) is 13.8 Å². The van der Waals surface area contributed by atoms with Crippen LogP contribution in [0.5, 0.6) is 0 Å². The number of hydrogen-bond acceptors (Lipinski definition) is 2. The van der Waals surface area contributed by atoms with Crippen LogP contribution in [0.3, 0.4) is 0 Å². The Bertz CT molecular complexity index is 1280. The van der Waals surface area contributed by atoms with E-state index in [0.717, 1.165) is 29.1 Å². The third kappa shape index (κ3) is 3.72. The molecular weight excluding hydrogens is 406 g/mol. The van der Waals surface area contributed by atoms with E-state index < -0.39 is 0 Å². The quantitative estimate of drug-likeness (QED) is 0.406. The molecule has 1 aromatic heterocycles. The summed E-state index contributed by atoms with van der Waals surface area (Å²) in [5, 5.41) is 0.669. The molecule has 3 aromatic carbocycles. The number of carbonyl (C=O) groups is 1. The molecule has 0 unspecified atom stereocenters. The van der Waals surface area contributed by atoms with Crippen molar-refractivity contribution in [2.75, 3.05) is 11.4 Å². The first-order chi connectivity index (χ1) is 15.0. The molecule has 1 fully saturated rings. The first kappa shape index (κ1) is 19.8. The van der Waals surface area contributed by atoms with E-state index in [9.17, 15) is 4.79 Å². The molecular formula is C26H24ClN3O. The van der Waals surface area contributed by atoms with Gasteiger partial charge in [0.25, 0.3) is 0 Å². The standard InChI is InChI=1S/C26H24ClN3O/c1-17-7-8-18(2)19(13-17)15-30-24-6-4-3-5-23(24)28-26(30)20-14-25(31)29(16-20)22-11-9-21(27)10-12-22/h3-13,20H,14-16H2,1-2H3/t20-/m0/s1. The molecule has 0 saturated carbocycles. The van der Waals surface area contributed by atoms with Gasteiger partial charge < -0.3 is 9.47 Å². The highest BCUT2D eigenvalue weighted by atomic mass is 35.5. The summed E-state index contributed by atoms with van der Waals surface area (Å²) < 4.78 is 2.29. The van der Waals surface area contributed by atoms with Gasteiger partial charge in [-0.15, -0.1) is 0 Å². The molecule has 0 radical (unpaired) electrons. The van der Waals surface area contributed by atoms with E-state index in [-0.39, 0.29) is 11.8 Å². The smallest absolute Gasteiger partial charge is 0.227 e. The Morgan fingerprint density at radius 2 is 1.81 bits per heavy atom. The molecule has 1 atom stereocenters. The highest BCUT2D eigenvalue weighted by Crippen LogP contribution is 2.34. The van der Waals surface area contributed by atoms with E-state index in [1.165, 1.54) is 16.7 Å². The predicted molar refractivity (Wildman–Crippen MR) is 126 cm³/mol. The van der Waals surface area contributed by atoms with Crippen LogP contribution >= 0.6 is 11.6 Å². The van der Waals surface area contributed by atoms with E-state index >= 15 is 0 Å². The summed E-state index contributed by atoms with van der Waals surface area (Å²) in [6, 6.07) is 22.2. The summed E-state index contributed by atoms with van der Waals surface area (Å²) in [7, 11) is 0. The number of fused-ring (bicyclic) bond motifs is 1. The van der Waals surface area contributed by atoms with Crippen molar-refractivity contribution in [2.24, 2.45) is 0 Å². The molecule has 1 saturated heterocycles. The highest BCUT2D eigenvalue weighted by Gasteiger charge is 2.34. The van der Waals surface area contributed by atoms with Crippen molar-refractivity contribution in [3.8, 4) is 0 Å². The molecule has 0 aliphatic carbocycles. The van der Waals surface area contributed by atoms with Gasteiger partial charge in [-0.2, -0.15) is 0 Å². The minimum Gasteiger partial charge on any atom is -0.323 e. The van der Waals surface area contributed by atoms with Crippen LogP contribution in [-0.4, -0.2) is 22.0 Å². The zero-order valence-electron chi connectivity index (χ0n) is 17.7. The van der Waals surface area contributed by atoms with Crippen LogP contribution in [0.25, 0.3) is 11.0 Å². The number of carbonyl (C=O) groups excluding carboxylic acids is 1. The van der Waals surface area contributed by atoms with Gasteiger partial charge in [0.1, 0.15) is 5.82 Å². The molecule has 0 bridgehead atoms. The molecule has 1 amide bonds. The Morgan fingerprint density at radius 1 is 1.03 bits per heavy atom.